The summed E-state index contributed by atoms with van der Waals surface area (Å²) in [7, 11) is 0. The first-order valence-electron chi connectivity index (χ1n) is 10.2. The van der Waals surface area contributed by atoms with Crippen LogP contribution in [0.3, 0.4) is 0 Å². The third-order valence-electron chi connectivity index (χ3n) is 6.10. The standard InChI is InChI=1S/C21H33F2N3O/c1-16(2)25-6-3-20(4-7-25)26-9-8-24(15-21(26)5-10-27)14-17-11-18(22)13-19(23)12-17/h11-13,16,20-21,27H,3-10,14-15H2,1-2H3. The summed E-state index contributed by atoms with van der Waals surface area (Å²) in [5.74, 6) is -1.04. The van der Waals surface area contributed by atoms with Crippen molar-refractivity contribution in [1.82, 2.24) is 14.7 Å². The SMILES string of the molecule is CC(C)N1CCC(N2CCN(Cc3cc(F)cc(F)c3)CC2CCO)CC1. The molecule has 2 heterocycles. The number of hydrogen-bond acceptors (Lipinski definition) is 4. The van der Waals surface area contributed by atoms with Gasteiger partial charge in [-0.05, 0) is 63.9 Å². The van der Waals surface area contributed by atoms with E-state index in [-0.39, 0.29) is 6.61 Å². The summed E-state index contributed by atoms with van der Waals surface area (Å²) in [4.78, 5) is 7.37. The first-order chi connectivity index (χ1) is 13.0. The minimum atomic E-state index is -0.521. The van der Waals surface area contributed by atoms with E-state index in [0.717, 1.165) is 45.2 Å². The van der Waals surface area contributed by atoms with E-state index in [4.69, 9.17) is 0 Å². The number of piperidine rings is 1. The Morgan fingerprint density at radius 2 is 1.70 bits per heavy atom. The maximum Gasteiger partial charge on any atom is 0.126 e. The lowest BCUT2D eigenvalue weighted by molar-refractivity contribution is -0.0000631. The van der Waals surface area contributed by atoms with Crippen molar-refractivity contribution in [3.05, 3.63) is 35.4 Å². The molecule has 1 aromatic rings. The van der Waals surface area contributed by atoms with Crippen molar-refractivity contribution >= 4 is 0 Å². The average molecular weight is 382 g/mol. The Bertz CT molecular complexity index is 585. The fourth-order valence-corrected chi connectivity index (χ4v) is 4.66. The van der Waals surface area contributed by atoms with Gasteiger partial charge in [-0.15, -0.1) is 0 Å². The van der Waals surface area contributed by atoms with Gasteiger partial charge < -0.3 is 10.0 Å². The van der Waals surface area contributed by atoms with Crippen molar-refractivity contribution in [1.29, 1.82) is 0 Å². The second kappa shape index (κ2) is 9.41. The molecule has 0 aliphatic carbocycles. The molecule has 4 nitrogen and oxygen atoms in total. The lowest BCUT2D eigenvalue weighted by Crippen LogP contribution is -2.58. The number of hydrogen-bond donors (Lipinski definition) is 1. The molecule has 0 radical (unpaired) electrons. The van der Waals surface area contributed by atoms with E-state index in [1.54, 1.807) is 0 Å². The van der Waals surface area contributed by atoms with Gasteiger partial charge in [0.15, 0.2) is 0 Å². The van der Waals surface area contributed by atoms with Gasteiger partial charge in [0, 0.05) is 57.0 Å². The van der Waals surface area contributed by atoms with Crippen LogP contribution in [0, 0.1) is 11.6 Å². The molecule has 2 aliphatic rings. The molecule has 2 fully saturated rings. The molecule has 1 unspecified atom stereocenters. The Labute approximate surface area is 161 Å². The van der Waals surface area contributed by atoms with Crippen LogP contribution < -0.4 is 0 Å². The summed E-state index contributed by atoms with van der Waals surface area (Å²) in [5, 5.41) is 9.55. The maximum absolute atomic E-state index is 13.5. The topological polar surface area (TPSA) is 30.0 Å². The second-order valence-electron chi connectivity index (χ2n) is 8.28. The third kappa shape index (κ3) is 5.47. The Morgan fingerprint density at radius 1 is 1.04 bits per heavy atom. The minimum Gasteiger partial charge on any atom is -0.396 e. The monoisotopic (exact) mass is 381 g/mol. The number of aliphatic hydroxyl groups is 1. The van der Waals surface area contributed by atoms with Crippen LogP contribution in [0.25, 0.3) is 0 Å². The lowest BCUT2D eigenvalue weighted by atomic mass is 9.97. The van der Waals surface area contributed by atoms with Gasteiger partial charge >= 0.3 is 0 Å². The number of halogens is 2. The van der Waals surface area contributed by atoms with E-state index >= 15 is 0 Å². The van der Waals surface area contributed by atoms with Gasteiger partial charge in [0.2, 0.25) is 0 Å². The molecule has 2 saturated heterocycles. The average Bonchev–Trinajstić information content (AvgIpc) is 2.61. The van der Waals surface area contributed by atoms with Gasteiger partial charge in [-0.1, -0.05) is 0 Å². The van der Waals surface area contributed by atoms with Gasteiger partial charge in [0.1, 0.15) is 11.6 Å². The normalized spacial score (nSPS) is 24.0. The molecule has 0 spiro atoms. The number of rotatable bonds is 6. The Morgan fingerprint density at radius 3 is 2.30 bits per heavy atom. The van der Waals surface area contributed by atoms with Crippen molar-refractivity contribution in [3.8, 4) is 0 Å². The van der Waals surface area contributed by atoms with Crippen LogP contribution in [0.4, 0.5) is 8.78 Å². The first-order valence-corrected chi connectivity index (χ1v) is 10.2. The number of likely N-dealkylation sites (tertiary alicyclic amines) is 1. The maximum atomic E-state index is 13.5. The Hall–Kier alpha value is -1.08. The van der Waals surface area contributed by atoms with Gasteiger partial charge in [-0.3, -0.25) is 9.80 Å². The van der Waals surface area contributed by atoms with Crippen LogP contribution in [-0.4, -0.2) is 77.3 Å². The van der Waals surface area contributed by atoms with Crippen LogP contribution in [0.1, 0.15) is 38.7 Å². The Kier molecular flexibility index (Phi) is 7.20. The number of benzene rings is 1. The van der Waals surface area contributed by atoms with E-state index in [0.29, 0.717) is 30.2 Å². The number of aliphatic hydroxyl groups excluding tert-OH is 1. The number of nitrogens with zero attached hydrogens (tertiary/aromatic N) is 3. The fourth-order valence-electron chi connectivity index (χ4n) is 4.66. The lowest BCUT2D eigenvalue weighted by Gasteiger charge is -2.48. The van der Waals surface area contributed by atoms with Gasteiger partial charge in [-0.25, -0.2) is 8.78 Å². The molecule has 0 amide bonds. The van der Waals surface area contributed by atoms with Crippen molar-refractivity contribution in [3.63, 3.8) is 0 Å². The summed E-state index contributed by atoms with van der Waals surface area (Å²) < 4.78 is 26.9. The summed E-state index contributed by atoms with van der Waals surface area (Å²) in [5.41, 5.74) is 0.675. The molecule has 6 heteroatoms. The first kappa shape index (κ1) is 20.6. The molecular formula is C21H33F2N3O. The van der Waals surface area contributed by atoms with Gasteiger partial charge in [0.25, 0.3) is 0 Å². The highest BCUT2D eigenvalue weighted by atomic mass is 19.1. The van der Waals surface area contributed by atoms with Crippen molar-refractivity contribution < 1.29 is 13.9 Å². The summed E-state index contributed by atoms with van der Waals surface area (Å²) in [6.07, 6.45) is 3.10. The highest BCUT2D eigenvalue weighted by Gasteiger charge is 2.33. The molecule has 0 aromatic heterocycles. The molecule has 152 valence electrons. The van der Waals surface area contributed by atoms with E-state index < -0.39 is 11.6 Å². The van der Waals surface area contributed by atoms with Crippen LogP contribution in [0.2, 0.25) is 0 Å². The predicted molar refractivity (Wildman–Crippen MR) is 104 cm³/mol. The zero-order valence-electron chi connectivity index (χ0n) is 16.6. The summed E-state index contributed by atoms with van der Waals surface area (Å²) >= 11 is 0. The predicted octanol–water partition coefficient (Wildman–Crippen LogP) is 2.71. The third-order valence-corrected chi connectivity index (χ3v) is 6.10. The number of piperazine rings is 1. The van der Waals surface area contributed by atoms with Crippen LogP contribution in [0.5, 0.6) is 0 Å². The molecule has 1 N–H and O–H groups in total. The Balaban J connectivity index is 1.59. The van der Waals surface area contributed by atoms with Crippen LogP contribution in [-0.2, 0) is 6.54 Å². The fraction of sp³-hybridized carbons (Fsp3) is 0.714. The molecular weight excluding hydrogens is 348 g/mol. The van der Waals surface area contributed by atoms with E-state index in [1.807, 2.05) is 0 Å². The largest absolute Gasteiger partial charge is 0.396 e. The molecule has 0 saturated carbocycles. The van der Waals surface area contributed by atoms with E-state index in [2.05, 4.69) is 28.5 Å². The molecule has 2 aliphatic heterocycles. The van der Waals surface area contributed by atoms with Gasteiger partial charge in [-0.2, -0.15) is 0 Å². The smallest absolute Gasteiger partial charge is 0.126 e. The van der Waals surface area contributed by atoms with Crippen molar-refractivity contribution in [2.45, 2.75) is 57.8 Å². The molecule has 3 rings (SSSR count). The molecule has 1 atom stereocenters. The minimum absolute atomic E-state index is 0.175. The molecule has 27 heavy (non-hydrogen) atoms. The quantitative estimate of drug-likeness (QED) is 0.821. The highest BCUT2D eigenvalue weighted by Crippen LogP contribution is 2.25. The second-order valence-corrected chi connectivity index (χ2v) is 8.28. The highest BCUT2D eigenvalue weighted by molar-refractivity contribution is 5.18. The zero-order chi connectivity index (χ0) is 19.4. The van der Waals surface area contributed by atoms with E-state index in [1.165, 1.54) is 25.0 Å². The van der Waals surface area contributed by atoms with Gasteiger partial charge in [0.05, 0.1) is 0 Å². The summed E-state index contributed by atoms with van der Waals surface area (Å²) in [6, 6.07) is 5.22. The molecule has 0 bridgehead atoms. The molecule has 1 aromatic carbocycles. The summed E-state index contributed by atoms with van der Waals surface area (Å²) in [6.45, 7) is 10.2. The van der Waals surface area contributed by atoms with Crippen molar-refractivity contribution in [2.24, 2.45) is 0 Å². The zero-order valence-corrected chi connectivity index (χ0v) is 16.6. The van der Waals surface area contributed by atoms with Crippen LogP contribution in [0.15, 0.2) is 18.2 Å². The van der Waals surface area contributed by atoms with E-state index in [9.17, 15) is 13.9 Å². The van der Waals surface area contributed by atoms with Crippen LogP contribution >= 0.6 is 0 Å². The van der Waals surface area contributed by atoms with Crippen molar-refractivity contribution in [2.75, 3.05) is 39.3 Å².